The average Bonchev–Trinajstić information content (AvgIpc) is 3.21. The molecule has 1 saturated carbocycles. The Morgan fingerprint density at radius 2 is 2.10 bits per heavy atom. The van der Waals surface area contributed by atoms with E-state index in [1.54, 1.807) is 0 Å². The molecule has 3 rings (SSSR count). The van der Waals surface area contributed by atoms with Gasteiger partial charge in [0.15, 0.2) is 0 Å². The van der Waals surface area contributed by atoms with Crippen LogP contribution in [0.2, 0.25) is 0 Å². The number of nitrogens with one attached hydrogen (secondary N) is 2. The van der Waals surface area contributed by atoms with Crippen LogP contribution in [0.15, 0.2) is 24.3 Å². The Labute approximate surface area is 126 Å². The lowest BCUT2D eigenvalue weighted by atomic mass is 10.0. The van der Waals surface area contributed by atoms with E-state index in [9.17, 15) is 4.79 Å². The zero-order valence-electron chi connectivity index (χ0n) is 12.4. The summed E-state index contributed by atoms with van der Waals surface area (Å²) in [6.45, 7) is 2.52. The average molecular weight is 288 g/mol. The van der Waals surface area contributed by atoms with E-state index in [-0.39, 0.29) is 6.03 Å². The maximum atomic E-state index is 12.0. The van der Waals surface area contributed by atoms with Gasteiger partial charge < -0.3 is 15.4 Å². The van der Waals surface area contributed by atoms with Crippen molar-refractivity contribution in [1.29, 1.82) is 0 Å². The first-order valence-electron chi connectivity index (χ1n) is 8.04. The first kappa shape index (κ1) is 14.4. The normalized spacial score (nSPS) is 21.2. The Hall–Kier alpha value is -1.55. The highest BCUT2D eigenvalue weighted by Gasteiger charge is 2.26. The fourth-order valence-electron chi connectivity index (χ4n) is 2.93. The first-order chi connectivity index (χ1) is 10.3. The topological polar surface area (TPSA) is 50.4 Å². The molecular formula is C17H24N2O2. The molecule has 0 spiro atoms. The van der Waals surface area contributed by atoms with Crippen molar-refractivity contribution in [2.45, 2.75) is 38.0 Å². The van der Waals surface area contributed by atoms with Crippen molar-refractivity contribution < 1.29 is 9.53 Å². The molecule has 0 aromatic heterocycles. The maximum Gasteiger partial charge on any atom is 0.319 e. The summed E-state index contributed by atoms with van der Waals surface area (Å²) in [6.07, 6.45) is 5.80. The fraction of sp³-hybridized carbons (Fsp3) is 0.588. The van der Waals surface area contributed by atoms with E-state index in [2.05, 4.69) is 16.7 Å². The summed E-state index contributed by atoms with van der Waals surface area (Å²) in [4.78, 5) is 12.0. The highest BCUT2D eigenvalue weighted by molar-refractivity contribution is 5.90. The van der Waals surface area contributed by atoms with Crippen LogP contribution in [-0.2, 0) is 4.74 Å². The molecule has 4 heteroatoms. The minimum Gasteiger partial charge on any atom is -0.381 e. The number of benzene rings is 1. The van der Waals surface area contributed by atoms with Crippen molar-refractivity contribution in [3.63, 3.8) is 0 Å². The van der Waals surface area contributed by atoms with Crippen molar-refractivity contribution in [3.8, 4) is 0 Å². The molecule has 21 heavy (non-hydrogen) atoms. The Balaban J connectivity index is 1.39. The third-order valence-corrected chi connectivity index (χ3v) is 4.32. The first-order valence-corrected chi connectivity index (χ1v) is 8.04. The van der Waals surface area contributed by atoms with Crippen molar-refractivity contribution in [2.24, 2.45) is 5.92 Å². The second-order valence-corrected chi connectivity index (χ2v) is 6.11. The van der Waals surface area contributed by atoms with Crippen LogP contribution in [-0.4, -0.2) is 25.8 Å². The standard InChI is InChI=1S/C17H24N2O2/c20-17(18-10-3-4-13-9-11-21-12-13)19-16-6-2-1-5-15(16)14-7-8-14/h1-2,5-6,13-14H,3-4,7-12H2,(H2,18,19,20)/t13-/m0/s1. The Bertz CT molecular complexity index is 479. The van der Waals surface area contributed by atoms with Crippen molar-refractivity contribution in [1.82, 2.24) is 5.32 Å². The lowest BCUT2D eigenvalue weighted by molar-refractivity contribution is 0.184. The second-order valence-electron chi connectivity index (χ2n) is 6.11. The Morgan fingerprint density at radius 1 is 1.24 bits per heavy atom. The molecule has 1 aromatic carbocycles. The van der Waals surface area contributed by atoms with Gasteiger partial charge in [0.1, 0.15) is 0 Å². The van der Waals surface area contributed by atoms with Crippen molar-refractivity contribution >= 4 is 11.7 Å². The highest BCUT2D eigenvalue weighted by atomic mass is 16.5. The van der Waals surface area contributed by atoms with Crippen LogP contribution < -0.4 is 10.6 Å². The molecule has 2 aliphatic rings. The molecule has 1 aromatic rings. The number of anilines is 1. The third kappa shape index (κ3) is 4.21. The van der Waals surface area contributed by atoms with Crippen LogP contribution in [0.1, 0.15) is 43.6 Å². The van der Waals surface area contributed by atoms with Gasteiger partial charge in [-0.1, -0.05) is 18.2 Å². The number of carbonyl (C=O) groups is 1. The molecule has 2 N–H and O–H groups in total. The van der Waals surface area contributed by atoms with Gasteiger partial charge in [-0.3, -0.25) is 0 Å². The number of para-hydroxylation sites is 1. The maximum absolute atomic E-state index is 12.0. The van der Waals surface area contributed by atoms with Gasteiger partial charge in [-0.25, -0.2) is 4.79 Å². The van der Waals surface area contributed by atoms with E-state index in [4.69, 9.17) is 4.74 Å². The molecule has 2 amide bonds. The van der Waals surface area contributed by atoms with Gasteiger partial charge in [-0.2, -0.15) is 0 Å². The van der Waals surface area contributed by atoms with Gasteiger partial charge in [-0.05, 0) is 55.6 Å². The summed E-state index contributed by atoms with van der Waals surface area (Å²) in [5.74, 6) is 1.33. The van der Waals surface area contributed by atoms with Crippen molar-refractivity contribution in [2.75, 3.05) is 25.1 Å². The number of carbonyl (C=O) groups excluding carboxylic acids is 1. The summed E-state index contributed by atoms with van der Waals surface area (Å²) >= 11 is 0. The Morgan fingerprint density at radius 3 is 2.86 bits per heavy atom. The number of hydrogen-bond donors (Lipinski definition) is 2. The van der Waals surface area contributed by atoms with Gasteiger partial charge in [0.05, 0.1) is 0 Å². The third-order valence-electron chi connectivity index (χ3n) is 4.32. The summed E-state index contributed by atoms with van der Waals surface area (Å²) < 4.78 is 5.36. The predicted octanol–water partition coefficient (Wildman–Crippen LogP) is 3.50. The molecule has 1 atom stereocenters. The van der Waals surface area contributed by atoms with Crippen LogP contribution in [0.4, 0.5) is 10.5 Å². The zero-order valence-corrected chi connectivity index (χ0v) is 12.4. The van der Waals surface area contributed by atoms with Crippen LogP contribution in [0.25, 0.3) is 0 Å². The quantitative estimate of drug-likeness (QED) is 0.787. The number of amides is 2. The Kier molecular flexibility index (Phi) is 4.76. The smallest absolute Gasteiger partial charge is 0.319 e. The van der Waals surface area contributed by atoms with Crippen LogP contribution in [0.3, 0.4) is 0 Å². The molecule has 1 aliphatic heterocycles. The van der Waals surface area contributed by atoms with Gasteiger partial charge >= 0.3 is 6.03 Å². The fourth-order valence-corrected chi connectivity index (χ4v) is 2.93. The molecule has 0 bridgehead atoms. The van der Waals surface area contributed by atoms with E-state index < -0.39 is 0 Å². The molecule has 0 unspecified atom stereocenters. The van der Waals surface area contributed by atoms with Crippen LogP contribution >= 0.6 is 0 Å². The van der Waals surface area contributed by atoms with E-state index in [0.29, 0.717) is 11.8 Å². The summed E-state index contributed by atoms with van der Waals surface area (Å²) in [7, 11) is 0. The predicted molar refractivity (Wildman–Crippen MR) is 83.6 cm³/mol. The molecule has 4 nitrogen and oxygen atoms in total. The molecule has 0 radical (unpaired) electrons. The van der Waals surface area contributed by atoms with E-state index in [1.807, 2.05) is 18.2 Å². The van der Waals surface area contributed by atoms with E-state index >= 15 is 0 Å². The molecular weight excluding hydrogens is 264 g/mol. The van der Waals surface area contributed by atoms with Gasteiger partial charge in [0.2, 0.25) is 0 Å². The molecule has 1 aliphatic carbocycles. The minimum absolute atomic E-state index is 0.0919. The van der Waals surface area contributed by atoms with Crippen LogP contribution in [0, 0.1) is 5.92 Å². The zero-order chi connectivity index (χ0) is 14.5. The lowest BCUT2D eigenvalue weighted by Gasteiger charge is -2.12. The number of ether oxygens (including phenoxy) is 1. The molecule has 114 valence electrons. The van der Waals surface area contributed by atoms with Crippen molar-refractivity contribution in [3.05, 3.63) is 29.8 Å². The molecule has 1 heterocycles. The monoisotopic (exact) mass is 288 g/mol. The van der Waals surface area contributed by atoms with E-state index in [1.165, 1.54) is 24.8 Å². The van der Waals surface area contributed by atoms with Gasteiger partial charge in [-0.15, -0.1) is 0 Å². The second kappa shape index (κ2) is 6.94. The SMILES string of the molecule is O=C(NCCC[C@H]1CCOC1)Nc1ccccc1C1CC1. The summed E-state index contributed by atoms with van der Waals surface area (Å²) in [5.41, 5.74) is 2.23. The minimum atomic E-state index is -0.0919. The van der Waals surface area contributed by atoms with E-state index in [0.717, 1.165) is 38.3 Å². The van der Waals surface area contributed by atoms with Gasteiger partial charge in [0, 0.05) is 25.4 Å². The molecule has 1 saturated heterocycles. The number of hydrogen-bond acceptors (Lipinski definition) is 2. The number of rotatable bonds is 6. The molecule has 2 fully saturated rings. The highest BCUT2D eigenvalue weighted by Crippen LogP contribution is 2.43. The summed E-state index contributed by atoms with van der Waals surface area (Å²) in [5, 5.41) is 5.94. The largest absolute Gasteiger partial charge is 0.381 e. The number of urea groups is 1. The van der Waals surface area contributed by atoms with Crippen LogP contribution in [0.5, 0.6) is 0 Å². The van der Waals surface area contributed by atoms with Gasteiger partial charge in [0.25, 0.3) is 0 Å². The lowest BCUT2D eigenvalue weighted by Crippen LogP contribution is -2.30. The summed E-state index contributed by atoms with van der Waals surface area (Å²) in [6, 6.07) is 8.03.